The molecule has 3 aromatic rings. The Labute approximate surface area is 170 Å². The largest absolute Gasteiger partial charge is 0.391 e. The minimum atomic E-state index is -0.545. The van der Waals surface area contributed by atoms with Crippen molar-refractivity contribution in [1.82, 2.24) is 25.3 Å². The molecule has 4 rings (SSSR count). The van der Waals surface area contributed by atoms with Crippen molar-refractivity contribution in [2.75, 3.05) is 13.1 Å². The van der Waals surface area contributed by atoms with Gasteiger partial charge in [0.1, 0.15) is 5.82 Å². The highest BCUT2D eigenvalue weighted by molar-refractivity contribution is 5.94. The van der Waals surface area contributed by atoms with Gasteiger partial charge in [0.2, 0.25) is 0 Å². The Balaban J connectivity index is 1.35. The number of carbonyl (C=O) groups excluding carboxylic acids is 2. The van der Waals surface area contributed by atoms with Gasteiger partial charge in [-0.05, 0) is 30.7 Å². The summed E-state index contributed by atoms with van der Waals surface area (Å²) in [5.74, 6) is -1.26. The van der Waals surface area contributed by atoms with E-state index >= 15 is 0 Å². The van der Waals surface area contributed by atoms with E-state index in [-0.39, 0.29) is 30.6 Å². The molecule has 1 saturated heterocycles. The third-order valence-electron chi connectivity index (χ3n) is 4.65. The number of amides is 2. The predicted octanol–water partition coefficient (Wildman–Crippen LogP) is 1.41. The van der Waals surface area contributed by atoms with Crippen LogP contribution in [0.15, 0.2) is 47.1 Å². The molecule has 154 valence electrons. The van der Waals surface area contributed by atoms with Gasteiger partial charge in [-0.25, -0.2) is 4.39 Å². The van der Waals surface area contributed by atoms with E-state index in [1.54, 1.807) is 24.3 Å². The number of aromatic nitrogens is 3. The van der Waals surface area contributed by atoms with Gasteiger partial charge in [-0.2, -0.15) is 4.98 Å². The summed E-state index contributed by atoms with van der Waals surface area (Å²) in [5, 5.41) is 15.8. The second kappa shape index (κ2) is 8.37. The standard InChI is InChI=1S/C20H18FN5O4/c21-14-3-1-2-12(8-14)16-5-4-13(9-22-16)18(28)23-10-17-24-19(30-25-17)20(29)26-7-6-15(27)11-26/h1-5,8-9,15,27H,6-7,10-11H2,(H,23,28)/t15-/m0/s1. The van der Waals surface area contributed by atoms with Crippen LogP contribution in [0.1, 0.15) is 33.3 Å². The molecule has 1 aliphatic heterocycles. The van der Waals surface area contributed by atoms with Gasteiger partial charge in [0.15, 0.2) is 5.82 Å². The van der Waals surface area contributed by atoms with Crippen LogP contribution >= 0.6 is 0 Å². The number of likely N-dealkylation sites (tertiary alicyclic amines) is 1. The van der Waals surface area contributed by atoms with Gasteiger partial charge >= 0.3 is 11.8 Å². The van der Waals surface area contributed by atoms with Crippen LogP contribution in [0.5, 0.6) is 0 Å². The Morgan fingerprint density at radius 2 is 2.17 bits per heavy atom. The molecule has 0 aliphatic carbocycles. The van der Waals surface area contributed by atoms with Crippen LogP contribution in [-0.4, -0.2) is 56.1 Å². The summed E-state index contributed by atoms with van der Waals surface area (Å²) >= 11 is 0. The summed E-state index contributed by atoms with van der Waals surface area (Å²) in [4.78, 5) is 34.2. The Morgan fingerprint density at radius 3 is 2.87 bits per heavy atom. The number of aliphatic hydroxyl groups is 1. The van der Waals surface area contributed by atoms with Crippen LogP contribution < -0.4 is 5.32 Å². The maximum atomic E-state index is 13.3. The van der Waals surface area contributed by atoms with Crippen LogP contribution in [-0.2, 0) is 6.54 Å². The molecule has 0 radical (unpaired) electrons. The molecular weight excluding hydrogens is 393 g/mol. The topological polar surface area (TPSA) is 121 Å². The second-order valence-electron chi connectivity index (χ2n) is 6.83. The van der Waals surface area contributed by atoms with Crippen molar-refractivity contribution in [2.45, 2.75) is 19.1 Å². The number of nitrogens with zero attached hydrogens (tertiary/aromatic N) is 4. The fraction of sp³-hybridized carbons (Fsp3) is 0.250. The van der Waals surface area contributed by atoms with E-state index in [1.165, 1.54) is 23.2 Å². The Kier molecular flexibility index (Phi) is 5.48. The summed E-state index contributed by atoms with van der Waals surface area (Å²) in [5.41, 5.74) is 1.46. The number of pyridine rings is 1. The predicted molar refractivity (Wildman–Crippen MR) is 102 cm³/mol. The first-order valence-electron chi connectivity index (χ1n) is 9.30. The first-order chi connectivity index (χ1) is 14.5. The smallest absolute Gasteiger partial charge is 0.316 e. The van der Waals surface area contributed by atoms with Gasteiger partial charge in [0.25, 0.3) is 5.91 Å². The molecule has 1 atom stereocenters. The number of aliphatic hydroxyl groups excluding tert-OH is 1. The van der Waals surface area contributed by atoms with Crippen molar-refractivity contribution in [1.29, 1.82) is 0 Å². The summed E-state index contributed by atoms with van der Waals surface area (Å²) in [7, 11) is 0. The number of rotatable bonds is 5. The van der Waals surface area contributed by atoms with Crippen molar-refractivity contribution >= 4 is 11.8 Å². The van der Waals surface area contributed by atoms with Gasteiger partial charge in [0.05, 0.1) is 23.9 Å². The number of hydrogen-bond acceptors (Lipinski definition) is 7. The Hall–Kier alpha value is -3.66. The highest BCUT2D eigenvalue weighted by Gasteiger charge is 2.29. The number of halogens is 1. The number of β-amino-alcohol motifs (C(OH)–C–C–N with tert-alkyl or cyclic N) is 1. The lowest BCUT2D eigenvalue weighted by Gasteiger charge is -2.11. The molecule has 1 fully saturated rings. The highest BCUT2D eigenvalue weighted by atomic mass is 19.1. The summed E-state index contributed by atoms with van der Waals surface area (Å²) < 4.78 is 18.3. The van der Waals surface area contributed by atoms with Crippen molar-refractivity contribution in [3.8, 4) is 11.3 Å². The quantitative estimate of drug-likeness (QED) is 0.651. The maximum absolute atomic E-state index is 13.3. The zero-order chi connectivity index (χ0) is 21.1. The maximum Gasteiger partial charge on any atom is 0.316 e. The van der Waals surface area contributed by atoms with Crippen molar-refractivity contribution in [3.63, 3.8) is 0 Å². The van der Waals surface area contributed by atoms with E-state index in [1.807, 2.05) is 0 Å². The highest BCUT2D eigenvalue weighted by Crippen LogP contribution is 2.18. The normalized spacial score (nSPS) is 15.9. The van der Waals surface area contributed by atoms with E-state index in [0.717, 1.165) is 0 Å². The molecule has 9 nitrogen and oxygen atoms in total. The summed E-state index contributed by atoms with van der Waals surface area (Å²) in [6.45, 7) is 0.614. The van der Waals surface area contributed by atoms with Crippen molar-refractivity contribution in [2.24, 2.45) is 0 Å². The molecular formula is C20H18FN5O4. The summed E-state index contributed by atoms with van der Waals surface area (Å²) in [6, 6.07) is 9.22. The number of benzene rings is 1. The van der Waals surface area contributed by atoms with Gasteiger partial charge in [0, 0.05) is 24.8 Å². The zero-order valence-corrected chi connectivity index (χ0v) is 15.8. The summed E-state index contributed by atoms with van der Waals surface area (Å²) in [6.07, 6.45) is 1.35. The molecule has 2 amide bonds. The fourth-order valence-electron chi connectivity index (χ4n) is 3.08. The SMILES string of the molecule is O=C(NCc1noc(C(=O)N2CC[C@H](O)C2)n1)c1ccc(-c2cccc(F)c2)nc1. The number of nitrogens with one attached hydrogen (secondary N) is 1. The average molecular weight is 411 g/mol. The first-order valence-corrected chi connectivity index (χ1v) is 9.30. The molecule has 2 aromatic heterocycles. The van der Waals surface area contributed by atoms with Gasteiger partial charge in [-0.1, -0.05) is 17.3 Å². The monoisotopic (exact) mass is 411 g/mol. The Bertz CT molecular complexity index is 1070. The minimum absolute atomic E-state index is 0.0378. The van der Waals surface area contributed by atoms with Gasteiger partial charge in [-0.15, -0.1) is 0 Å². The van der Waals surface area contributed by atoms with Gasteiger partial charge < -0.3 is 19.8 Å². The molecule has 3 heterocycles. The lowest BCUT2D eigenvalue weighted by atomic mass is 10.1. The third kappa shape index (κ3) is 4.33. The third-order valence-corrected chi connectivity index (χ3v) is 4.65. The molecule has 1 aromatic carbocycles. The molecule has 1 aliphatic rings. The van der Waals surface area contributed by atoms with E-state index in [9.17, 15) is 19.1 Å². The lowest BCUT2D eigenvalue weighted by Crippen LogP contribution is -2.30. The van der Waals surface area contributed by atoms with Crippen LogP contribution in [0.25, 0.3) is 11.3 Å². The Morgan fingerprint density at radius 1 is 1.30 bits per heavy atom. The molecule has 10 heteroatoms. The van der Waals surface area contributed by atoms with E-state index in [0.29, 0.717) is 29.8 Å². The number of hydrogen-bond donors (Lipinski definition) is 2. The lowest BCUT2D eigenvalue weighted by molar-refractivity contribution is 0.0716. The zero-order valence-electron chi connectivity index (χ0n) is 15.8. The molecule has 0 saturated carbocycles. The average Bonchev–Trinajstić information content (AvgIpc) is 3.41. The van der Waals surface area contributed by atoms with Gasteiger partial charge in [-0.3, -0.25) is 14.6 Å². The van der Waals surface area contributed by atoms with Crippen molar-refractivity contribution < 1.29 is 23.6 Å². The van der Waals surface area contributed by atoms with Crippen LogP contribution in [0.2, 0.25) is 0 Å². The van der Waals surface area contributed by atoms with Crippen LogP contribution in [0, 0.1) is 5.82 Å². The fourth-order valence-corrected chi connectivity index (χ4v) is 3.08. The molecule has 0 spiro atoms. The van der Waals surface area contributed by atoms with Crippen LogP contribution in [0.3, 0.4) is 0 Å². The van der Waals surface area contributed by atoms with Crippen LogP contribution in [0.4, 0.5) is 4.39 Å². The molecule has 2 N–H and O–H groups in total. The molecule has 30 heavy (non-hydrogen) atoms. The first kappa shape index (κ1) is 19.6. The minimum Gasteiger partial charge on any atom is -0.391 e. The van der Waals surface area contributed by atoms with E-state index in [2.05, 4.69) is 20.4 Å². The van der Waals surface area contributed by atoms with Crippen molar-refractivity contribution in [3.05, 3.63) is 65.7 Å². The van der Waals surface area contributed by atoms with E-state index < -0.39 is 17.9 Å². The number of carbonyl (C=O) groups is 2. The molecule has 0 unspecified atom stereocenters. The molecule has 0 bridgehead atoms. The second-order valence-corrected chi connectivity index (χ2v) is 6.83. The van der Waals surface area contributed by atoms with E-state index in [4.69, 9.17) is 4.52 Å².